The summed E-state index contributed by atoms with van der Waals surface area (Å²) in [6, 6.07) is 29.8. The average Bonchev–Trinajstić information content (AvgIpc) is 3.24. The van der Waals surface area contributed by atoms with Crippen LogP contribution >= 0.6 is 0 Å². The van der Waals surface area contributed by atoms with Gasteiger partial charge in [-0.05, 0) is 30.7 Å². The number of fused-ring (bicyclic) bond motifs is 3. The Balaban J connectivity index is 1.58. The molecule has 6 aromatic rings. The molecule has 0 aliphatic carbocycles. The molecule has 0 atom stereocenters. The van der Waals surface area contributed by atoms with E-state index in [9.17, 15) is 0 Å². The summed E-state index contributed by atoms with van der Waals surface area (Å²) in [5.74, 6) is 1.76. The van der Waals surface area contributed by atoms with Crippen molar-refractivity contribution in [1.82, 2.24) is 19.9 Å². The van der Waals surface area contributed by atoms with Crippen LogP contribution in [-0.2, 0) is 0 Å². The predicted molar refractivity (Wildman–Crippen MR) is 126 cm³/mol. The number of hydrogen-bond acceptors (Lipinski definition) is 5. The first-order valence-electron chi connectivity index (χ1n) is 10.4. The zero-order valence-electron chi connectivity index (χ0n) is 17.4. The monoisotopic (exact) mass is 414 g/mol. The van der Waals surface area contributed by atoms with Crippen molar-refractivity contribution < 1.29 is 4.42 Å². The van der Waals surface area contributed by atoms with Crippen molar-refractivity contribution >= 4 is 22.1 Å². The highest BCUT2D eigenvalue weighted by molar-refractivity contribution is 6.03. The molecule has 3 aromatic heterocycles. The molecule has 5 nitrogen and oxygen atoms in total. The minimum Gasteiger partial charge on any atom is -0.454 e. The molecule has 0 unspecified atom stereocenters. The lowest BCUT2D eigenvalue weighted by Gasteiger charge is -2.07. The van der Waals surface area contributed by atoms with Crippen LogP contribution in [0.3, 0.4) is 0 Å². The number of rotatable bonds is 3. The molecule has 152 valence electrons. The van der Waals surface area contributed by atoms with E-state index in [1.54, 1.807) is 0 Å². The Morgan fingerprint density at radius 3 is 1.84 bits per heavy atom. The first-order valence-corrected chi connectivity index (χ1v) is 10.4. The third-order valence-corrected chi connectivity index (χ3v) is 5.47. The minimum absolute atomic E-state index is 0.529. The summed E-state index contributed by atoms with van der Waals surface area (Å²) in [7, 11) is 0. The van der Waals surface area contributed by atoms with E-state index in [-0.39, 0.29) is 0 Å². The Morgan fingerprint density at radius 1 is 0.562 bits per heavy atom. The lowest BCUT2D eigenvalue weighted by atomic mass is 10.1. The number of nitrogens with zero attached hydrogens (tertiary/aromatic N) is 4. The van der Waals surface area contributed by atoms with Gasteiger partial charge in [0.25, 0.3) is 0 Å². The Morgan fingerprint density at radius 2 is 1.19 bits per heavy atom. The van der Waals surface area contributed by atoms with Gasteiger partial charge in [0.1, 0.15) is 16.8 Å². The molecule has 0 amide bonds. The van der Waals surface area contributed by atoms with Crippen molar-refractivity contribution in [2.75, 3.05) is 0 Å². The van der Waals surface area contributed by atoms with Crippen molar-refractivity contribution in [1.29, 1.82) is 0 Å². The number of furan rings is 1. The quantitative estimate of drug-likeness (QED) is 0.332. The Bertz CT molecular complexity index is 1520. The normalized spacial score (nSPS) is 11.3. The van der Waals surface area contributed by atoms with Crippen molar-refractivity contribution in [2.24, 2.45) is 0 Å². The summed E-state index contributed by atoms with van der Waals surface area (Å²) in [5, 5.41) is 0.988. The molecule has 0 bridgehead atoms. The maximum atomic E-state index is 6.04. The number of aryl methyl sites for hydroxylation is 1. The van der Waals surface area contributed by atoms with Crippen LogP contribution in [-0.4, -0.2) is 19.9 Å². The fraction of sp³-hybridized carbons (Fsp3) is 0.0370. The van der Waals surface area contributed by atoms with E-state index >= 15 is 0 Å². The summed E-state index contributed by atoms with van der Waals surface area (Å²) >= 11 is 0. The first kappa shape index (κ1) is 18.4. The van der Waals surface area contributed by atoms with Gasteiger partial charge in [0.15, 0.2) is 23.1 Å². The third-order valence-electron chi connectivity index (χ3n) is 5.47. The molecule has 6 rings (SSSR count). The van der Waals surface area contributed by atoms with Crippen LogP contribution < -0.4 is 0 Å². The molecule has 0 radical (unpaired) electrons. The van der Waals surface area contributed by atoms with Crippen molar-refractivity contribution in [3.8, 4) is 34.3 Å². The van der Waals surface area contributed by atoms with Gasteiger partial charge >= 0.3 is 0 Å². The summed E-state index contributed by atoms with van der Waals surface area (Å²) < 4.78 is 6.04. The molecule has 0 aliphatic heterocycles. The zero-order chi connectivity index (χ0) is 21.5. The van der Waals surface area contributed by atoms with Gasteiger partial charge < -0.3 is 4.42 Å². The van der Waals surface area contributed by atoms with E-state index in [0.29, 0.717) is 23.2 Å². The van der Waals surface area contributed by atoms with Gasteiger partial charge in [0.05, 0.1) is 0 Å². The number of para-hydroxylation sites is 1. The molecule has 0 saturated carbocycles. The highest BCUT2D eigenvalue weighted by atomic mass is 16.3. The lowest BCUT2D eigenvalue weighted by molar-refractivity contribution is 0.665. The Hall–Kier alpha value is -4.38. The van der Waals surface area contributed by atoms with Crippen LogP contribution in [0.1, 0.15) is 5.56 Å². The molecule has 32 heavy (non-hydrogen) atoms. The van der Waals surface area contributed by atoms with Crippen LogP contribution in [0.15, 0.2) is 95.4 Å². The summed E-state index contributed by atoms with van der Waals surface area (Å²) in [6.07, 6.45) is 0. The highest BCUT2D eigenvalue weighted by Crippen LogP contribution is 2.31. The van der Waals surface area contributed by atoms with Crippen LogP contribution in [0.25, 0.3) is 56.4 Å². The fourth-order valence-electron chi connectivity index (χ4n) is 3.85. The predicted octanol–water partition coefficient (Wildman–Crippen LogP) is 6.48. The van der Waals surface area contributed by atoms with E-state index in [2.05, 4.69) is 0 Å². The van der Waals surface area contributed by atoms with Gasteiger partial charge in [0.2, 0.25) is 0 Å². The number of pyridine rings is 1. The number of aromatic nitrogens is 4. The Kier molecular flexibility index (Phi) is 4.25. The Labute approximate surface area is 184 Å². The minimum atomic E-state index is 0.529. The molecule has 0 aliphatic rings. The summed E-state index contributed by atoms with van der Waals surface area (Å²) in [5.41, 5.74) is 6.04. The van der Waals surface area contributed by atoms with Crippen molar-refractivity contribution in [3.63, 3.8) is 0 Å². The van der Waals surface area contributed by atoms with Gasteiger partial charge in [-0.3, -0.25) is 0 Å². The molecule has 3 aromatic carbocycles. The summed E-state index contributed by atoms with van der Waals surface area (Å²) in [6.45, 7) is 2.04. The van der Waals surface area contributed by atoms with Crippen molar-refractivity contribution in [3.05, 3.63) is 96.6 Å². The van der Waals surface area contributed by atoms with Crippen LogP contribution in [0.5, 0.6) is 0 Å². The molecule has 0 spiro atoms. The maximum absolute atomic E-state index is 6.04. The second-order valence-corrected chi connectivity index (χ2v) is 7.64. The van der Waals surface area contributed by atoms with Gasteiger partial charge in [-0.15, -0.1) is 0 Å². The van der Waals surface area contributed by atoms with Crippen LogP contribution in [0, 0.1) is 6.92 Å². The molecule has 0 saturated heterocycles. The fourth-order valence-corrected chi connectivity index (χ4v) is 3.85. The third kappa shape index (κ3) is 3.11. The lowest BCUT2D eigenvalue weighted by Crippen LogP contribution is -2.01. The van der Waals surface area contributed by atoms with Crippen LogP contribution in [0.4, 0.5) is 0 Å². The van der Waals surface area contributed by atoms with Gasteiger partial charge in [-0.2, -0.15) is 0 Å². The maximum Gasteiger partial charge on any atom is 0.182 e. The second kappa shape index (κ2) is 7.39. The van der Waals surface area contributed by atoms with Gasteiger partial charge in [-0.1, -0.05) is 72.8 Å². The van der Waals surface area contributed by atoms with E-state index in [1.165, 1.54) is 0 Å². The average molecular weight is 414 g/mol. The molecule has 5 heteroatoms. The molecular weight excluding hydrogens is 396 g/mol. The van der Waals surface area contributed by atoms with Crippen LogP contribution in [0.2, 0.25) is 0 Å². The number of hydrogen-bond donors (Lipinski definition) is 0. The van der Waals surface area contributed by atoms with E-state index in [0.717, 1.165) is 38.8 Å². The van der Waals surface area contributed by atoms with E-state index in [4.69, 9.17) is 24.4 Å². The van der Waals surface area contributed by atoms with Gasteiger partial charge in [0, 0.05) is 16.5 Å². The first-order chi connectivity index (χ1) is 15.8. The SMILES string of the molecule is Cc1cccc2c1oc1ccc(-c3nc(-c4ccccc4)nc(-c4ccccc4)n3)nc12. The molecule has 3 heterocycles. The zero-order valence-corrected chi connectivity index (χ0v) is 17.4. The molecule has 0 N–H and O–H groups in total. The van der Waals surface area contributed by atoms with E-state index in [1.807, 2.05) is 97.9 Å². The topological polar surface area (TPSA) is 64.7 Å². The van der Waals surface area contributed by atoms with Gasteiger partial charge in [-0.25, -0.2) is 19.9 Å². The molecular formula is C27H18N4O. The number of benzene rings is 3. The second-order valence-electron chi connectivity index (χ2n) is 7.64. The molecule has 0 fully saturated rings. The summed E-state index contributed by atoms with van der Waals surface area (Å²) in [4.78, 5) is 19.2. The van der Waals surface area contributed by atoms with Crippen molar-refractivity contribution in [2.45, 2.75) is 6.92 Å². The van der Waals surface area contributed by atoms with E-state index < -0.39 is 0 Å². The highest BCUT2D eigenvalue weighted by Gasteiger charge is 2.16. The largest absolute Gasteiger partial charge is 0.454 e. The smallest absolute Gasteiger partial charge is 0.182 e. The standard InChI is InChI=1S/C27H18N4O/c1-17-9-8-14-20-23-22(32-24(17)20)16-15-21(28-23)27-30-25(18-10-4-2-5-11-18)29-26(31-27)19-12-6-3-7-13-19/h2-16H,1H3.